The summed E-state index contributed by atoms with van der Waals surface area (Å²) in [7, 11) is -3.42. The van der Waals surface area contributed by atoms with E-state index in [2.05, 4.69) is 4.72 Å². The minimum Gasteiger partial charge on any atom is -0.381 e. The molecule has 1 N–H and O–H groups in total. The molecule has 108 valence electrons. The lowest BCUT2D eigenvalue weighted by Gasteiger charge is -2.36. The molecule has 0 unspecified atom stereocenters. The first-order valence-electron chi connectivity index (χ1n) is 6.57. The van der Waals surface area contributed by atoms with E-state index in [1.54, 1.807) is 6.07 Å². The van der Waals surface area contributed by atoms with Crippen LogP contribution in [0.25, 0.3) is 0 Å². The Bertz CT molecular complexity index is 523. The average Bonchev–Trinajstić information content (AvgIpc) is 2.71. The molecular weight excluding hydrogens is 282 g/mol. The number of aryl methyl sites for hydroxylation is 2. The standard InChI is InChI=1S/C13H21NO3S2/c1-4-13(5-7-17-8-6-13)14-19(15,16)12-9-10(2)11(3)18-12/h9,14H,4-8H2,1-3H3. The largest absolute Gasteiger partial charge is 0.381 e. The van der Waals surface area contributed by atoms with Gasteiger partial charge in [0.1, 0.15) is 4.21 Å². The molecule has 0 amide bonds. The molecule has 0 aliphatic carbocycles. The van der Waals surface area contributed by atoms with Crippen LogP contribution in [0.3, 0.4) is 0 Å². The second-order valence-corrected chi connectivity index (χ2v) is 8.32. The summed E-state index contributed by atoms with van der Waals surface area (Å²) in [5.74, 6) is 0. The SMILES string of the molecule is CCC1(NS(=O)(=O)c2cc(C)c(C)s2)CCOCC1. The van der Waals surface area contributed by atoms with Crippen molar-refractivity contribution in [1.29, 1.82) is 0 Å². The van der Waals surface area contributed by atoms with Gasteiger partial charge in [-0.15, -0.1) is 11.3 Å². The van der Waals surface area contributed by atoms with E-state index < -0.39 is 10.0 Å². The average molecular weight is 303 g/mol. The Hall–Kier alpha value is -0.430. The van der Waals surface area contributed by atoms with E-state index in [1.807, 2.05) is 20.8 Å². The Morgan fingerprint density at radius 1 is 1.37 bits per heavy atom. The molecule has 1 aromatic rings. The number of thiophene rings is 1. The van der Waals surface area contributed by atoms with Crippen molar-refractivity contribution in [2.75, 3.05) is 13.2 Å². The second kappa shape index (κ2) is 5.52. The van der Waals surface area contributed by atoms with E-state index in [4.69, 9.17) is 4.74 Å². The molecular formula is C13H21NO3S2. The minimum absolute atomic E-state index is 0.344. The molecule has 2 heterocycles. The molecule has 0 saturated carbocycles. The van der Waals surface area contributed by atoms with Crippen LogP contribution >= 0.6 is 11.3 Å². The fraction of sp³-hybridized carbons (Fsp3) is 0.692. The quantitative estimate of drug-likeness (QED) is 0.930. The van der Waals surface area contributed by atoms with Gasteiger partial charge in [-0.1, -0.05) is 6.92 Å². The molecule has 0 spiro atoms. The van der Waals surface area contributed by atoms with Crippen molar-refractivity contribution in [2.24, 2.45) is 0 Å². The van der Waals surface area contributed by atoms with Gasteiger partial charge < -0.3 is 4.74 Å². The molecule has 1 aromatic heterocycles. The summed E-state index contributed by atoms with van der Waals surface area (Å²) in [4.78, 5) is 1.05. The third-order valence-corrected chi connectivity index (χ3v) is 7.09. The molecule has 1 aliphatic rings. The van der Waals surface area contributed by atoms with Crippen LogP contribution in [0.2, 0.25) is 0 Å². The lowest BCUT2D eigenvalue weighted by Crippen LogP contribution is -2.51. The van der Waals surface area contributed by atoms with Crippen LogP contribution in [0.1, 0.15) is 36.6 Å². The highest BCUT2D eigenvalue weighted by Crippen LogP contribution is 2.30. The van der Waals surface area contributed by atoms with Crippen LogP contribution in [0, 0.1) is 13.8 Å². The van der Waals surface area contributed by atoms with Crippen LogP contribution in [0.4, 0.5) is 0 Å². The van der Waals surface area contributed by atoms with Crippen LogP contribution in [0.15, 0.2) is 10.3 Å². The molecule has 1 aliphatic heterocycles. The first-order valence-corrected chi connectivity index (χ1v) is 8.87. The number of sulfonamides is 1. The summed E-state index contributed by atoms with van der Waals surface area (Å²) in [5, 5.41) is 0. The monoisotopic (exact) mass is 303 g/mol. The Kier molecular flexibility index (Phi) is 4.35. The number of hydrogen-bond acceptors (Lipinski definition) is 4. The summed E-state index contributed by atoms with van der Waals surface area (Å²) in [5.41, 5.74) is 0.686. The van der Waals surface area contributed by atoms with Gasteiger partial charge in [-0.3, -0.25) is 0 Å². The van der Waals surface area contributed by atoms with Crippen LogP contribution in [-0.4, -0.2) is 27.2 Å². The van der Waals surface area contributed by atoms with E-state index in [0.717, 1.165) is 29.7 Å². The zero-order valence-electron chi connectivity index (χ0n) is 11.7. The highest BCUT2D eigenvalue weighted by atomic mass is 32.2. The lowest BCUT2D eigenvalue weighted by atomic mass is 9.89. The van der Waals surface area contributed by atoms with E-state index in [-0.39, 0.29) is 5.54 Å². The molecule has 1 saturated heterocycles. The Morgan fingerprint density at radius 3 is 2.47 bits per heavy atom. The van der Waals surface area contributed by atoms with Crippen LogP contribution in [-0.2, 0) is 14.8 Å². The number of rotatable bonds is 4. The van der Waals surface area contributed by atoms with Crippen molar-refractivity contribution < 1.29 is 13.2 Å². The predicted molar refractivity (Wildman–Crippen MR) is 77.2 cm³/mol. The number of nitrogens with one attached hydrogen (secondary N) is 1. The zero-order chi connectivity index (χ0) is 14.1. The van der Waals surface area contributed by atoms with Crippen molar-refractivity contribution in [3.8, 4) is 0 Å². The summed E-state index contributed by atoms with van der Waals surface area (Å²) in [6, 6.07) is 1.75. The highest BCUT2D eigenvalue weighted by molar-refractivity contribution is 7.91. The Balaban J connectivity index is 2.24. The Morgan fingerprint density at radius 2 is 2.00 bits per heavy atom. The molecule has 0 bridgehead atoms. The van der Waals surface area contributed by atoms with Crippen LogP contribution in [0.5, 0.6) is 0 Å². The zero-order valence-corrected chi connectivity index (χ0v) is 13.3. The van der Waals surface area contributed by atoms with Gasteiger partial charge in [-0.25, -0.2) is 13.1 Å². The Labute approximate surface area is 119 Å². The molecule has 2 rings (SSSR count). The van der Waals surface area contributed by atoms with Gasteiger partial charge in [-0.05, 0) is 44.7 Å². The molecule has 4 nitrogen and oxygen atoms in total. The summed E-state index contributed by atoms with van der Waals surface area (Å²) >= 11 is 1.34. The summed E-state index contributed by atoms with van der Waals surface area (Å²) in [6.45, 7) is 7.16. The van der Waals surface area contributed by atoms with Gasteiger partial charge in [0.05, 0.1) is 0 Å². The summed E-state index contributed by atoms with van der Waals surface area (Å²) in [6.07, 6.45) is 2.27. The van der Waals surface area contributed by atoms with Crippen molar-refractivity contribution >= 4 is 21.4 Å². The van der Waals surface area contributed by atoms with Gasteiger partial charge in [0.15, 0.2) is 0 Å². The topological polar surface area (TPSA) is 55.4 Å². The van der Waals surface area contributed by atoms with E-state index >= 15 is 0 Å². The minimum atomic E-state index is -3.42. The first kappa shape index (κ1) is 15.0. The second-order valence-electron chi connectivity index (χ2n) is 5.16. The highest BCUT2D eigenvalue weighted by Gasteiger charge is 2.35. The summed E-state index contributed by atoms with van der Waals surface area (Å²) < 4.78 is 33.7. The van der Waals surface area contributed by atoms with Gasteiger partial charge in [0.25, 0.3) is 10.0 Å². The molecule has 0 radical (unpaired) electrons. The third kappa shape index (κ3) is 3.18. The molecule has 0 atom stereocenters. The van der Waals surface area contributed by atoms with Crippen LogP contribution < -0.4 is 4.72 Å². The fourth-order valence-corrected chi connectivity index (χ4v) is 5.34. The van der Waals surface area contributed by atoms with Gasteiger partial charge in [0, 0.05) is 23.6 Å². The smallest absolute Gasteiger partial charge is 0.250 e. The maximum atomic E-state index is 12.5. The van der Waals surface area contributed by atoms with Crippen molar-refractivity contribution in [1.82, 2.24) is 4.72 Å². The lowest BCUT2D eigenvalue weighted by molar-refractivity contribution is 0.0457. The van der Waals surface area contributed by atoms with Gasteiger partial charge in [0.2, 0.25) is 0 Å². The molecule has 6 heteroatoms. The van der Waals surface area contributed by atoms with Crippen molar-refractivity contribution in [2.45, 2.75) is 49.8 Å². The molecule has 19 heavy (non-hydrogen) atoms. The van der Waals surface area contributed by atoms with Crippen molar-refractivity contribution in [3.05, 3.63) is 16.5 Å². The van der Waals surface area contributed by atoms with E-state index in [9.17, 15) is 8.42 Å². The molecule has 0 aromatic carbocycles. The van der Waals surface area contributed by atoms with E-state index in [1.165, 1.54) is 11.3 Å². The van der Waals surface area contributed by atoms with E-state index in [0.29, 0.717) is 17.4 Å². The normalized spacial score (nSPS) is 19.5. The fourth-order valence-electron chi connectivity index (χ4n) is 2.30. The third-order valence-electron chi connectivity index (χ3n) is 3.89. The van der Waals surface area contributed by atoms with Gasteiger partial charge >= 0.3 is 0 Å². The number of hydrogen-bond donors (Lipinski definition) is 1. The first-order chi connectivity index (χ1) is 8.88. The number of ether oxygens (including phenoxy) is 1. The van der Waals surface area contributed by atoms with Crippen molar-refractivity contribution in [3.63, 3.8) is 0 Å². The maximum Gasteiger partial charge on any atom is 0.250 e. The maximum absolute atomic E-state index is 12.5. The van der Waals surface area contributed by atoms with Gasteiger partial charge in [-0.2, -0.15) is 0 Å². The predicted octanol–water partition coefficient (Wildman–Crippen LogP) is 2.60. The molecule has 1 fully saturated rings.